The number of ether oxygens (including phenoxy) is 1. The predicted molar refractivity (Wildman–Crippen MR) is 168 cm³/mol. The summed E-state index contributed by atoms with van der Waals surface area (Å²) >= 11 is 0. The molecular formula is C30H38F3N5O5SSi. The topological polar surface area (TPSA) is 121 Å². The molecule has 5 rings (SSSR count). The molecule has 3 aromatic heterocycles. The van der Waals surface area contributed by atoms with Gasteiger partial charge in [-0.05, 0) is 50.8 Å². The minimum atomic E-state index is -4.73. The van der Waals surface area contributed by atoms with Gasteiger partial charge in [0.25, 0.3) is 10.1 Å². The summed E-state index contributed by atoms with van der Waals surface area (Å²) in [5, 5.41) is 7.63. The standard InChI is InChI=1S/C30H38F3N5O5SSi/c1-18-27(19(2)42-37-18)20-10-11-21-22(16-38(25(21)14-20)17-41-12-13-45(4,5)6)28-23(30(31,32)33)15-34-29(36-28)35-24-8-7-9-26(24)43-44(3,39)40/h10-11,14-16,24,26H,7-9,12-13,17H2,1-6H3,(H,34,35,36)/t24-,26+/m0/s1. The number of hydrogen-bond donors (Lipinski definition) is 1. The second kappa shape index (κ2) is 12.5. The second-order valence-electron chi connectivity index (χ2n) is 12.8. The summed E-state index contributed by atoms with van der Waals surface area (Å²) < 4.78 is 85.1. The first-order valence-electron chi connectivity index (χ1n) is 14.7. The van der Waals surface area contributed by atoms with Crippen LogP contribution in [0.1, 0.15) is 36.3 Å². The van der Waals surface area contributed by atoms with E-state index in [2.05, 4.69) is 40.1 Å². The van der Waals surface area contributed by atoms with Gasteiger partial charge >= 0.3 is 6.18 Å². The fourth-order valence-corrected chi connectivity index (χ4v) is 7.08. The Bertz CT molecular complexity index is 1780. The molecule has 0 bridgehead atoms. The molecule has 10 nitrogen and oxygen atoms in total. The number of aromatic nitrogens is 4. The highest BCUT2D eigenvalue weighted by Crippen LogP contribution is 2.41. The molecule has 4 aromatic rings. The van der Waals surface area contributed by atoms with Crippen molar-refractivity contribution in [1.82, 2.24) is 19.7 Å². The smallest absolute Gasteiger partial charge is 0.361 e. The van der Waals surface area contributed by atoms with Crippen molar-refractivity contribution in [2.24, 2.45) is 0 Å². The van der Waals surface area contributed by atoms with Gasteiger partial charge in [0, 0.05) is 43.6 Å². The van der Waals surface area contributed by atoms with Gasteiger partial charge < -0.3 is 19.1 Å². The lowest BCUT2D eigenvalue weighted by Crippen LogP contribution is -2.33. The van der Waals surface area contributed by atoms with Gasteiger partial charge in [0.2, 0.25) is 5.95 Å². The number of nitrogens with zero attached hydrogens (tertiary/aromatic N) is 4. The highest BCUT2D eigenvalue weighted by Gasteiger charge is 2.37. The Morgan fingerprint density at radius 1 is 1.18 bits per heavy atom. The molecule has 0 spiro atoms. The number of benzene rings is 1. The lowest BCUT2D eigenvalue weighted by atomic mass is 10.0. The molecule has 1 aliphatic rings. The van der Waals surface area contributed by atoms with Crippen molar-refractivity contribution < 1.29 is 35.0 Å². The Kier molecular flexibility index (Phi) is 9.19. The van der Waals surface area contributed by atoms with Crippen LogP contribution in [0.25, 0.3) is 33.3 Å². The van der Waals surface area contributed by atoms with E-state index in [1.165, 1.54) is 0 Å². The van der Waals surface area contributed by atoms with E-state index in [4.69, 9.17) is 13.4 Å². The molecule has 0 unspecified atom stereocenters. The first kappa shape index (κ1) is 33.1. The third kappa shape index (κ3) is 7.76. The van der Waals surface area contributed by atoms with Crippen molar-refractivity contribution in [2.75, 3.05) is 18.2 Å². The number of anilines is 1. The van der Waals surface area contributed by atoms with Crippen LogP contribution in [0.3, 0.4) is 0 Å². The van der Waals surface area contributed by atoms with E-state index in [-0.39, 0.29) is 23.9 Å². The molecule has 0 amide bonds. The largest absolute Gasteiger partial charge is 0.419 e. The van der Waals surface area contributed by atoms with Gasteiger partial charge in [0.15, 0.2) is 0 Å². The molecule has 15 heteroatoms. The quantitative estimate of drug-likeness (QED) is 0.102. The fourth-order valence-electron chi connectivity index (χ4n) is 5.64. The van der Waals surface area contributed by atoms with Crippen LogP contribution in [0.2, 0.25) is 25.7 Å². The van der Waals surface area contributed by atoms with Crippen LogP contribution < -0.4 is 5.32 Å². The summed E-state index contributed by atoms with van der Waals surface area (Å²) in [4.78, 5) is 8.35. The van der Waals surface area contributed by atoms with Crippen LogP contribution in [-0.2, 0) is 31.9 Å². The number of halogens is 3. The average Bonchev–Trinajstić information content (AvgIpc) is 3.61. The zero-order valence-electron chi connectivity index (χ0n) is 26.2. The summed E-state index contributed by atoms with van der Waals surface area (Å²) in [5.74, 6) is 0.583. The Morgan fingerprint density at radius 3 is 2.58 bits per heavy atom. The fraction of sp³-hybridized carbons (Fsp3) is 0.500. The number of rotatable bonds is 11. The van der Waals surface area contributed by atoms with Crippen LogP contribution >= 0.6 is 0 Å². The van der Waals surface area contributed by atoms with Gasteiger partial charge in [-0.3, -0.25) is 4.18 Å². The maximum Gasteiger partial charge on any atom is 0.419 e. The number of hydrogen-bond acceptors (Lipinski definition) is 9. The van der Waals surface area contributed by atoms with Gasteiger partial charge in [-0.2, -0.15) is 21.6 Å². The van der Waals surface area contributed by atoms with Crippen molar-refractivity contribution in [2.45, 2.75) is 83.8 Å². The molecule has 1 N–H and O–H groups in total. The summed E-state index contributed by atoms with van der Waals surface area (Å²) in [6.45, 7) is 11.0. The minimum absolute atomic E-state index is 0.0494. The van der Waals surface area contributed by atoms with Gasteiger partial charge in [-0.15, -0.1) is 0 Å². The molecule has 0 radical (unpaired) electrons. The van der Waals surface area contributed by atoms with E-state index >= 15 is 0 Å². The van der Waals surface area contributed by atoms with Crippen LogP contribution in [-0.4, -0.2) is 61.2 Å². The number of aryl methyl sites for hydroxylation is 2. The lowest BCUT2D eigenvalue weighted by Gasteiger charge is -2.21. The first-order valence-corrected chi connectivity index (χ1v) is 20.3. The zero-order chi connectivity index (χ0) is 32.7. The summed E-state index contributed by atoms with van der Waals surface area (Å²) in [7, 11) is -5.09. The highest BCUT2D eigenvalue weighted by atomic mass is 32.2. The zero-order valence-corrected chi connectivity index (χ0v) is 28.0. The molecule has 1 aromatic carbocycles. The molecule has 45 heavy (non-hydrogen) atoms. The second-order valence-corrected chi connectivity index (χ2v) is 20.0. The molecule has 0 aliphatic heterocycles. The molecule has 1 aliphatic carbocycles. The molecule has 2 atom stereocenters. The Hall–Kier alpha value is -3.27. The van der Waals surface area contributed by atoms with E-state index in [1.807, 2.05) is 26.0 Å². The minimum Gasteiger partial charge on any atom is -0.361 e. The van der Waals surface area contributed by atoms with Gasteiger partial charge in [0.05, 0.1) is 35.3 Å². The Labute approximate surface area is 261 Å². The number of nitrogens with one attached hydrogen (secondary N) is 1. The van der Waals surface area contributed by atoms with Crippen molar-refractivity contribution >= 4 is 35.0 Å². The predicted octanol–water partition coefficient (Wildman–Crippen LogP) is 7.01. The third-order valence-electron chi connectivity index (χ3n) is 7.85. The van der Waals surface area contributed by atoms with Crippen LogP contribution in [0.15, 0.2) is 35.1 Å². The summed E-state index contributed by atoms with van der Waals surface area (Å²) in [6, 6.07) is 5.95. The normalized spacial score (nSPS) is 17.8. The SMILES string of the molecule is Cc1noc(C)c1-c1ccc2c(-c3nc(N[C@H]4CCC[C@H]4OS(C)(=O)=O)ncc3C(F)(F)F)cn(COCC[Si](C)(C)C)c2c1. The average molecular weight is 666 g/mol. The maximum atomic E-state index is 14.4. The van der Waals surface area contributed by atoms with Crippen LogP contribution in [0.5, 0.6) is 0 Å². The molecule has 1 fully saturated rings. The molecular weight excluding hydrogens is 628 g/mol. The Morgan fingerprint density at radius 2 is 1.93 bits per heavy atom. The molecule has 244 valence electrons. The van der Waals surface area contributed by atoms with Crippen molar-refractivity contribution in [3.05, 3.63) is 47.6 Å². The molecule has 3 heterocycles. The lowest BCUT2D eigenvalue weighted by molar-refractivity contribution is -0.137. The van der Waals surface area contributed by atoms with Crippen LogP contribution in [0, 0.1) is 13.8 Å². The first-order chi connectivity index (χ1) is 21.0. The van der Waals surface area contributed by atoms with E-state index in [0.29, 0.717) is 48.2 Å². The Balaban J connectivity index is 1.59. The van der Waals surface area contributed by atoms with E-state index < -0.39 is 42.1 Å². The third-order valence-corrected chi connectivity index (χ3v) is 10.1. The van der Waals surface area contributed by atoms with Crippen molar-refractivity contribution in [1.29, 1.82) is 0 Å². The molecule has 0 saturated heterocycles. The number of alkyl halides is 3. The van der Waals surface area contributed by atoms with Gasteiger partial charge in [-0.1, -0.05) is 36.9 Å². The van der Waals surface area contributed by atoms with E-state index in [1.54, 1.807) is 16.8 Å². The maximum absolute atomic E-state index is 14.4. The van der Waals surface area contributed by atoms with E-state index in [9.17, 15) is 21.6 Å². The highest BCUT2D eigenvalue weighted by molar-refractivity contribution is 7.86. The van der Waals surface area contributed by atoms with E-state index in [0.717, 1.165) is 29.6 Å². The summed E-state index contributed by atoms with van der Waals surface area (Å²) in [5.41, 5.74) is 1.97. The van der Waals surface area contributed by atoms with Gasteiger partial charge in [0.1, 0.15) is 18.1 Å². The van der Waals surface area contributed by atoms with Gasteiger partial charge in [-0.25, -0.2) is 9.97 Å². The number of fused-ring (bicyclic) bond motifs is 1. The summed E-state index contributed by atoms with van der Waals surface area (Å²) in [6.07, 6.45) is -0.328. The van der Waals surface area contributed by atoms with Crippen molar-refractivity contribution in [3.63, 3.8) is 0 Å². The molecule has 1 saturated carbocycles. The monoisotopic (exact) mass is 665 g/mol. The van der Waals surface area contributed by atoms with Crippen LogP contribution in [0.4, 0.5) is 19.1 Å². The van der Waals surface area contributed by atoms with Crippen molar-refractivity contribution in [3.8, 4) is 22.4 Å².